The molecule has 0 unspecified atom stereocenters. The average Bonchev–Trinajstić information content (AvgIpc) is 2.43. The zero-order valence-corrected chi connectivity index (χ0v) is 15.2. The van der Waals surface area contributed by atoms with E-state index >= 15 is 0 Å². The van der Waals surface area contributed by atoms with E-state index in [1.54, 1.807) is 0 Å². The van der Waals surface area contributed by atoms with Crippen LogP contribution in [-0.2, 0) is 0 Å². The van der Waals surface area contributed by atoms with Crippen molar-refractivity contribution in [3.8, 4) is 0 Å². The van der Waals surface area contributed by atoms with Crippen molar-refractivity contribution >= 4 is 28.9 Å². The first kappa shape index (κ1) is 28.6. The Balaban J connectivity index is 6.82. The molecular weight excluding hydrogens is 530 g/mol. The predicted molar refractivity (Wildman–Crippen MR) is 64.0 cm³/mol. The molecule has 0 spiro atoms. The van der Waals surface area contributed by atoms with Gasteiger partial charge in [-0.25, -0.2) is 8.78 Å². The molecule has 0 bridgehead atoms. The first-order chi connectivity index (χ1) is 12.0. The molecule has 0 amide bonds. The Labute approximate surface area is 158 Å². The van der Waals surface area contributed by atoms with Crippen molar-refractivity contribution < 1.29 is 74.6 Å². The van der Waals surface area contributed by atoms with Crippen LogP contribution < -0.4 is 0 Å². The summed E-state index contributed by atoms with van der Waals surface area (Å²) in [6.45, 7) is -6.42. The summed E-state index contributed by atoms with van der Waals surface area (Å²) in [5.41, 5.74) is -6.70. The lowest BCUT2D eigenvalue weighted by Crippen LogP contribution is -2.76. The summed E-state index contributed by atoms with van der Waals surface area (Å²) >= 11 is 8.99. The van der Waals surface area contributed by atoms with Gasteiger partial charge < -0.3 is 0 Å². The van der Waals surface area contributed by atoms with E-state index in [0.29, 0.717) is 0 Å². The van der Waals surface area contributed by atoms with Crippen LogP contribution in [0.5, 0.6) is 0 Å². The van der Waals surface area contributed by atoms with Crippen molar-refractivity contribution in [1.29, 1.82) is 0 Å². The molecule has 0 nitrogen and oxygen atoms in total. The molecule has 0 saturated heterocycles. The molecule has 0 aliphatic carbocycles. The van der Waals surface area contributed by atoms with E-state index in [0.717, 1.165) is 0 Å². The molecule has 0 radical (unpaired) electrons. The Hall–Kier alpha value is -0.393. The number of halogens is 19. The van der Waals surface area contributed by atoms with Gasteiger partial charge in [0.15, 0.2) is 0 Å². The Bertz CT molecular complexity index is 563. The zero-order chi connectivity index (χ0) is 24.5. The van der Waals surface area contributed by atoms with Gasteiger partial charge in [0.1, 0.15) is 0 Å². The largest absolute Gasteiger partial charge is 0.460 e. The van der Waals surface area contributed by atoms with Gasteiger partial charge in [0.25, 0.3) is 0 Å². The fourth-order valence-electron chi connectivity index (χ4n) is 1.44. The van der Waals surface area contributed by atoms with Crippen molar-refractivity contribution in [2.45, 2.75) is 53.8 Å². The van der Waals surface area contributed by atoms with Crippen molar-refractivity contribution in [2.75, 3.05) is 0 Å². The van der Waals surface area contributed by atoms with Crippen molar-refractivity contribution in [2.24, 2.45) is 0 Å². The second kappa shape index (κ2) is 6.80. The summed E-state index contributed by atoms with van der Waals surface area (Å²) in [5, 5.41) is 0. The lowest BCUT2D eigenvalue weighted by Gasteiger charge is -2.43. The Morgan fingerprint density at radius 3 is 0.828 bits per heavy atom. The van der Waals surface area contributed by atoms with Gasteiger partial charge in [0.05, 0.1) is 0 Å². The van der Waals surface area contributed by atoms with Crippen LogP contribution >= 0.6 is 22.2 Å². The molecule has 176 valence electrons. The molecule has 0 aromatic rings. The smallest absolute Gasteiger partial charge is 0.201 e. The highest BCUT2D eigenvalue weighted by atomic mass is 35.7. The molecule has 0 rings (SSSR count). The molecule has 0 aromatic carbocycles. The Morgan fingerprint density at radius 2 is 0.621 bits per heavy atom. The summed E-state index contributed by atoms with van der Waals surface area (Å²) in [5.74, 6) is -50.2. The van der Waals surface area contributed by atoms with Gasteiger partial charge in [-0.15, -0.1) is 22.2 Å². The van der Waals surface area contributed by atoms with Crippen LogP contribution in [0.1, 0.15) is 0 Å². The molecule has 0 saturated carbocycles. The van der Waals surface area contributed by atoms with Gasteiger partial charge >= 0.3 is 54.0 Å². The number of hydrogen-bond acceptors (Lipinski definition) is 0. The maximum atomic E-state index is 13.3. The third-order valence-electron chi connectivity index (χ3n) is 3.27. The van der Waals surface area contributed by atoms with Crippen LogP contribution in [0.25, 0.3) is 0 Å². The Morgan fingerprint density at radius 1 is 0.414 bits per heavy atom. The molecule has 0 heterocycles. The first-order valence-electron chi connectivity index (χ1n) is 6.09. The maximum absolute atomic E-state index is 13.3. The fourth-order valence-corrected chi connectivity index (χ4v) is 2.86. The van der Waals surface area contributed by atoms with Gasteiger partial charge in [0.2, 0.25) is 0 Å². The molecule has 20 heteroatoms. The maximum Gasteiger partial charge on any atom is 0.460 e. The lowest BCUT2D eigenvalue weighted by molar-refractivity contribution is -0.458. The average molecular weight is 533 g/mol. The topological polar surface area (TPSA) is 0 Å². The van der Waals surface area contributed by atoms with Crippen LogP contribution in [0.2, 0.25) is 6.55 Å². The van der Waals surface area contributed by atoms with Crippen LogP contribution in [0.4, 0.5) is 74.6 Å². The van der Waals surface area contributed by atoms with E-state index in [9.17, 15) is 74.6 Å². The van der Waals surface area contributed by atoms with Crippen molar-refractivity contribution in [1.82, 2.24) is 0 Å². The standard InChI is InChI=1S/C9H3Cl2F17Si/c1-29(10,11)9(27,28)7(22,23)5(18,19)3(14,15)2(12,13)4(16,17)6(20,21)8(24,25)26/h1H3. The number of rotatable bonds is 7. The fraction of sp³-hybridized carbons (Fsp3) is 1.00. The van der Waals surface area contributed by atoms with Crippen molar-refractivity contribution in [3.05, 3.63) is 0 Å². The van der Waals surface area contributed by atoms with Crippen LogP contribution in [0, 0.1) is 0 Å². The third-order valence-corrected chi connectivity index (χ3v) is 6.11. The van der Waals surface area contributed by atoms with E-state index in [1.165, 1.54) is 0 Å². The number of hydrogen-bond donors (Lipinski definition) is 0. The highest BCUT2D eigenvalue weighted by Crippen LogP contribution is 2.64. The summed E-state index contributed by atoms with van der Waals surface area (Å²) in [6, 6.07) is 0. The molecule has 0 aromatic heterocycles. The first-order valence-corrected chi connectivity index (χ1v) is 10.6. The summed E-state index contributed by atoms with van der Waals surface area (Å²) < 4.78 is 219. The van der Waals surface area contributed by atoms with E-state index in [1.807, 2.05) is 0 Å². The minimum absolute atomic E-state index is 0.331. The van der Waals surface area contributed by atoms with E-state index in [-0.39, 0.29) is 6.55 Å². The van der Waals surface area contributed by atoms with E-state index < -0.39 is 54.0 Å². The van der Waals surface area contributed by atoms with Crippen molar-refractivity contribution in [3.63, 3.8) is 0 Å². The minimum Gasteiger partial charge on any atom is -0.201 e. The summed E-state index contributed by atoms with van der Waals surface area (Å²) in [4.78, 5) is 0. The van der Waals surface area contributed by atoms with Gasteiger partial charge in [-0.1, -0.05) is 0 Å². The highest BCUT2D eigenvalue weighted by Gasteiger charge is 2.96. The normalized spacial score (nSPS) is 17.0. The Kier molecular flexibility index (Phi) is 6.71. The van der Waals surface area contributed by atoms with Gasteiger partial charge in [-0.3, -0.25) is 0 Å². The second-order valence-electron chi connectivity index (χ2n) is 5.41. The monoisotopic (exact) mass is 532 g/mol. The lowest BCUT2D eigenvalue weighted by atomic mass is 9.91. The van der Waals surface area contributed by atoms with Gasteiger partial charge in [-0.2, -0.15) is 65.9 Å². The van der Waals surface area contributed by atoms with Crippen LogP contribution in [0.3, 0.4) is 0 Å². The molecule has 0 fully saturated rings. The minimum atomic E-state index is -8.65. The molecule has 29 heavy (non-hydrogen) atoms. The number of alkyl halides is 17. The highest BCUT2D eigenvalue weighted by molar-refractivity contribution is 7.46. The molecule has 0 N–H and O–H groups in total. The second-order valence-corrected chi connectivity index (χ2v) is 12.9. The zero-order valence-electron chi connectivity index (χ0n) is 12.7. The molecule has 0 atom stereocenters. The molecular formula is C9H3Cl2F17Si. The van der Waals surface area contributed by atoms with E-state index in [4.69, 9.17) is 0 Å². The summed E-state index contributed by atoms with van der Waals surface area (Å²) in [6.07, 6.45) is -7.78. The predicted octanol–water partition coefficient (Wildman–Crippen LogP) is 7.08. The van der Waals surface area contributed by atoms with Crippen LogP contribution in [0.15, 0.2) is 0 Å². The summed E-state index contributed by atoms with van der Waals surface area (Å²) in [7, 11) is 0. The molecule has 0 aliphatic rings. The molecule has 0 aliphatic heterocycles. The van der Waals surface area contributed by atoms with Gasteiger partial charge in [0, 0.05) is 0 Å². The third kappa shape index (κ3) is 3.53. The quantitative estimate of drug-likeness (QED) is 0.187. The van der Waals surface area contributed by atoms with E-state index in [2.05, 4.69) is 22.2 Å². The van der Waals surface area contributed by atoms with Crippen LogP contribution in [-0.4, -0.2) is 54.0 Å². The SMILES string of the molecule is C[Si](Cl)(Cl)C(F)(F)C(F)(F)C(F)(F)C(F)(F)C(F)(F)C(F)(F)C(F)(F)C(F)(F)F. The van der Waals surface area contributed by atoms with Gasteiger partial charge in [-0.05, 0) is 6.55 Å².